The Labute approximate surface area is 176 Å². The van der Waals surface area contributed by atoms with Gasteiger partial charge in [0.05, 0.1) is 0 Å². The highest BCUT2D eigenvalue weighted by molar-refractivity contribution is 6.05. The number of piperazine rings is 1. The van der Waals surface area contributed by atoms with Gasteiger partial charge in [0.15, 0.2) is 0 Å². The molecule has 3 fully saturated rings. The van der Waals surface area contributed by atoms with E-state index >= 15 is 0 Å². The van der Waals surface area contributed by atoms with Gasteiger partial charge in [-0.2, -0.15) is 0 Å². The summed E-state index contributed by atoms with van der Waals surface area (Å²) in [5, 5.41) is 5.82. The average molecular weight is 412 g/mol. The van der Waals surface area contributed by atoms with Gasteiger partial charge in [-0.1, -0.05) is 12.1 Å². The van der Waals surface area contributed by atoms with E-state index in [0.717, 1.165) is 51.4 Å². The first kappa shape index (κ1) is 19.7. The van der Waals surface area contributed by atoms with E-state index < -0.39 is 6.04 Å². The van der Waals surface area contributed by atoms with Crippen LogP contribution in [-0.4, -0.2) is 83.8 Å². The summed E-state index contributed by atoms with van der Waals surface area (Å²) in [6.07, 6.45) is 1.92. The van der Waals surface area contributed by atoms with Crippen molar-refractivity contribution in [2.45, 2.75) is 44.4 Å². The summed E-state index contributed by atoms with van der Waals surface area (Å²) in [6.45, 7) is 7.74. The molecule has 0 aliphatic carbocycles. The van der Waals surface area contributed by atoms with Gasteiger partial charge in [0, 0.05) is 63.8 Å². The number of nitrogens with zero attached hydrogens (tertiary/aromatic N) is 3. The fourth-order valence-electron chi connectivity index (χ4n) is 5.28. The van der Waals surface area contributed by atoms with Gasteiger partial charge in [0.1, 0.15) is 6.04 Å². The molecule has 160 valence electrons. The summed E-state index contributed by atoms with van der Waals surface area (Å²) in [7, 11) is 0. The third-order valence-corrected chi connectivity index (χ3v) is 7.03. The van der Waals surface area contributed by atoms with E-state index in [1.807, 2.05) is 12.1 Å². The highest BCUT2D eigenvalue weighted by atomic mass is 16.2. The molecule has 8 heteroatoms. The van der Waals surface area contributed by atoms with Crippen LogP contribution >= 0.6 is 0 Å². The molecule has 1 aromatic rings. The molecule has 8 nitrogen and oxygen atoms in total. The van der Waals surface area contributed by atoms with Gasteiger partial charge in [-0.3, -0.25) is 29.5 Å². The minimum Gasteiger partial charge on any atom is -0.322 e. The van der Waals surface area contributed by atoms with Crippen molar-refractivity contribution in [1.29, 1.82) is 0 Å². The summed E-state index contributed by atoms with van der Waals surface area (Å²) in [5.41, 5.74) is 2.91. The van der Waals surface area contributed by atoms with Crippen molar-refractivity contribution in [2.75, 3.05) is 39.3 Å². The molecule has 1 aromatic carbocycles. The van der Waals surface area contributed by atoms with Crippen LogP contribution in [0.1, 0.15) is 40.7 Å². The molecule has 4 aliphatic rings. The quantitative estimate of drug-likeness (QED) is 0.675. The Morgan fingerprint density at radius 2 is 1.87 bits per heavy atom. The lowest BCUT2D eigenvalue weighted by Gasteiger charge is -2.38. The molecule has 0 aromatic heterocycles. The fraction of sp³-hybridized carbons (Fsp3) is 0.591. The molecule has 2 unspecified atom stereocenters. The zero-order valence-electron chi connectivity index (χ0n) is 17.2. The van der Waals surface area contributed by atoms with Gasteiger partial charge in [-0.25, -0.2) is 0 Å². The molecule has 2 atom stereocenters. The normalized spacial score (nSPS) is 28.1. The fourth-order valence-corrected chi connectivity index (χ4v) is 5.28. The van der Waals surface area contributed by atoms with E-state index in [1.54, 1.807) is 4.90 Å². The van der Waals surface area contributed by atoms with Crippen LogP contribution in [0.25, 0.3) is 0 Å². The Morgan fingerprint density at radius 1 is 1.03 bits per heavy atom. The standard InChI is InChI=1S/C22H29N5O3/c28-20-5-4-19(21(29)24-20)27-14-18-15(2-1-3-17(18)22(27)30)13-25-8-10-26(11-9-25)16-6-7-23-12-16/h1-3,16,19,23H,4-14H2,(H,24,28,29). The zero-order valence-corrected chi connectivity index (χ0v) is 17.2. The maximum absolute atomic E-state index is 13.0. The van der Waals surface area contributed by atoms with Gasteiger partial charge in [0.2, 0.25) is 11.8 Å². The van der Waals surface area contributed by atoms with E-state index in [4.69, 9.17) is 0 Å². The molecular formula is C22H29N5O3. The number of amides is 3. The smallest absolute Gasteiger partial charge is 0.255 e. The van der Waals surface area contributed by atoms with Crippen molar-refractivity contribution >= 4 is 17.7 Å². The molecule has 0 radical (unpaired) electrons. The first-order valence-electron chi connectivity index (χ1n) is 11.0. The number of nitrogens with one attached hydrogen (secondary N) is 2. The second-order valence-electron chi connectivity index (χ2n) is 8.80. The molecule has 0 spiro atoms. The van der Waals surface area contributed by atoms with Crippen LogP contribution in [0.5, 0.6) is 0 Å². The van der Waals surface area contributed by atoms with Gasteiger partial charge in [0.25, 0.3) is 5.91 Å². The Kier molecular flexibility index (Phi) is 5.30. The van der Waals surface area contributed by atoms with Gasteiger partial charge in [-0.05, 0) is 36.6 Å². The zero-order chi connectivity index (χ0) is 20.7. The SMILES string of the molecule is O=C1CCC(N2Cc3c(CN4CCN(C5CCNC5)CC4)cccc3C2=O)C(=O)N1. The van der Waals surface area contributed by atoms with Crippen LogP contribution in [-0.2, 0) is 22.7 Å². The average Bonchev–Trinajstić information content (AvgIpc) is 3.39. The third kappa shape index (κ3) is 3.64. The van der Waals surface area contributed by atoms with E-state index in [-0.39, 0.29) is 24.1 Å². The highest BCUT2D eigenvalue weighted by Crippen LogP contribution is 2.30. The van der Waals surface area contributed by atoms with Gasteiger partial charge in [-0.15, -0.1) is 0 Å². The topological polar surface area (TPSA) is 85.0 Å². The summed E-state index contributed by atoms with van der Waals surface area (Å²) >= 11 is 0. The summed E-state index contributed by atoms with van der Waals surface area (Å²) in [5.74, 6) is -0.708. The maximum atomic E-state index is 13.0. The number of benzene rings is 1. The van der Waals surface area contributed by atoms with Crippen LogP contribution in [0.3, 0.4) is 0 Å². The molecule has 4 heterocycles. The molecule has 4 aliphatic heterocycles. The minimum atomic E-state index is -0.556. The van der Waals surface area contributed by atoms with Crippen molar-refractivity contribution in [3.8, 4) is 0 Å². The second-order valence-corrected chi connectivity index (χ2v) is 8.80. The molecule has 3 saturated heterocycles. The summed E-state index contributed by atoms with van der Waals surface area (Å²) in [4.78, 5) is 43.5. The lowest BCUT2D eigenvalue weighted by atomic mass is 10.0. The maximum Gasteiger partial charge on any atom is 0.255 e. The lowest BCUT2D eigenvalue weighted by molar-refractivity contribution is -0.136. The van der Waals surface area contributed by atoms with Gasteiger partial charge < -0.3 is 10.2 Å². The Bertz CT molecular complexity index is 858. The number of piperidine rings is 1. The van der Waals surface area contributed by atoms with Crippen LogP contribution in [0.15, 0.2) is 18.2 Å². The van der Waals surface area contributed by atoms with Crippen molar-refractivity contribution in [2.24, 2.45) is 0 Å². The van der Waals surface area contributed by atoms with Crippen LogP contribution in [0.2, 0.25) is 0 Å². The molecule has 0 saturated carbocycles. The van der Waals surface area contributed by atoms with Crippen LogP contribution < -0.4 is 10.6 Å². The first-order chi connectivity index (χ1) is 14.6. The Hall–Kier alpha value is -2.29. The highest BCUT2D eigenvalue weighted by Gasteiger charge is 2.40. The van der Waals surface area contributed by atoms with Crippen LogP contribution in [0.4, 0.5) is 0 Å². The number of rotatable bonds is 4. The van der Waals surface area contributed by atoms with Crippen molar-refractivity contribution in [3.63, 3.8) is 0 Å². The number of imide groups is 1. The van der Waals surface area contributed by atoms with Crippen molar-refractivity contribution in [3.05, 3.63) is 34.9 Å². The lowest BCUT2D eigenvalue weighted by Crippen LogP contribution is -2.52. The second kappa shape index (κ2) is 8.09. The van der Waals surface area contributed by atoms with E-state index in [2.05, 4.69) is 26.5 Å². The van der Waals surface area contributed by atoms with Gasteiger partial charge >= 0.3 is 0 Å². The molecule has 30 heavy (non-hydrogen) atoms. The molecule has 3 amide bonds. The predicted octanol–water partition coefficient (Wildman–Crippen LogP) is -0.0729. The largest absolute Gasteiger partial charge is 0.322 e. The Morgan fingerprint density at radius 3 is 2.60 bits per heavy atom. The van der Waals surface area contributed by atoms with Crippen LogP contribution in [0, 0.1) is 0 Å². The molecule has 5 rings (SSSR count). The number of carbonyl (C=O) groups excluding carboxylic acids is 3. The predicted molar refractivity (Wildman–Crippen MR) is 111 cm³/mol. The van der Waals surface area contributed by atoms with Crippen molar-refractivity contribution < 1.29 is 14.4 Å². The van der Waals surface area contributed by atoms with E-state index in [9.17, 15) is 14.4 Å². The molecule has 2 N–H and O–H groups in total. The monoisotopic (exact) mass is 411 g/mol. The number of carbonyl (C=O) groups is 3. The third-order valence-electron chi connectivity index (χ3n) is 7.03. The van der Waals surface area contributed by atoms with E-state index in [1.165, 1.54) is 12.0 Å². The Balaban J connectivity index is 1.26. The number of hydrogen-bond acceptors (Lipinski definition) is 6. The number of hydrogen-bond donors (Lipinski definition) is 2. The van der Waals surface area contributed by atoms with Crippen molar-refractivity contribution in [1.82, 2.24) is 25.3 Å². The summed E-state index contributed by atoms with van der Waals surface area (Å²) < 4.78 is 0. The molecule has 0 bridgehead atoms. The first-order valence-corrected chi connectivity index (χ1v) is 11.0. The molecular weight excluding hydrogens is 382 g/mol. The summed E-state index contributed by atoms with van der Waals surface area (Å²) in [6, 6.07) is 6.03. The minimum absolute atomic E-state index is 0.0973. The number of fused-ring (bicyclic) bond motifs is 1. The van der Waals surface area contributed by atoms with E-state index in [0.29, 0.717) is 24.6 Å².